The first kappa shape index (κ1) is 16.0. The smallest absolute Gasteiger partial charge is 0.253 e. The van der Waals surface area contributed by atoms with Gasteiger partial charge in [0.25, 0.3) is 11.8 Å². The Morgan fingerprint density at radius 2 is 1.87 bits per heavy atom. The highest BCUT2D eigenvalue weighted by Gasteiger charge is 2.38. The number of likely N-dealkylation sites (tertiary alicyclic amines) is 1. The van der Waals surface area contributed by atoms with E-state index < -0.39 is 17.8 Å². The minimum absolute atomic E-state index is 0.0265. The highest BCUT2D eigenvalue weighted by Crippen LogP contribution is 2.28. The Kier molecular flexibility index (Phi) is 4.38. The quantitative estimate of drug-likeness (QED) is 0.812. The van der Waals surface area contributed by atoms with Crippen LogP contribution in [-0.2, 0) is 9.53 Å². The van der Waals surface area contributed by atoms with Gasteiger partial charge in [-0.15, -0.1) is 0 Å². The van der Waals surface area contributed by atoms with E-state index in [0.29, 0.717) is 19.1 Å². The van der Waals surface area contributed by atoms with Crippen LogP contribution in [0.4, 0.5) is 19.1 Å². The predicted molar refractivity (Wildman–Crippen MR) is 74.7 cm³/mol. The van der Waals surface area contributed by atoms with E-state index in [0.717, 1.165) is 12.4 Å². The summed E-state index contributed by atoms with van der Waals surface area (Å²) in [7, 11) is 0. The van der Waals surface area contributed by atoms with Gasteiger partial charge < -0.3 is 14.5 Å². The van der Waals surface area contributed by atoms with Gasteiger partial charge in [0.2, 0.25) is 5.95 Å². The number of nitrogens with zero attached hydrogens (tertiary/aromatic N) is 4. The van der Waals surface area contributed by atoms with Gasteiger partial charge in [0, 0.05) is 32.5 Å². The molecule has 1 aromatic heterocycles. The molecule has 0 radical (unpaired) electrons. The first-order valence-electron chi connectivity index (χ1n) is 7.45. The molecule has 9 heteroatoms. The molecular weight excluding hydrogens is 313 g/mol. The standard InChI is InChI=1S/C14H17F3N4O2/c15-10-7-18-13(19-8-10)21-5-6-23-11(9-21)12(22)20-3-1-14(16,17)2-4-20/h7-8,11H,1-6,9H2. The predicted octanol–water partition coefficient (Wildman–Crippen LogP) is 1.08. The fraction of sp³-hybridized carbons (Fsp3) is 0.643. The van der Waals surface area contributed by atoms with Gasteiger partial charge in [-0.25, -0.2) is 23.1 Å². The van der Waals surface area contributed by atoms with Crippen LogP contribution in [0.15, 0.2) is 12.4 Å². The lowest BCUT2D eigenvalue weighted by Crippen LogP contribution is -2.53. The van der Waals surface area contributed by atoms with Crippen molar-refractivity contribution in [1.29, 1.82) is 0 Å². The molecule has 0 saturated carbocycles. The molecule has 3 heterocycles. The minimum atomic E-state index is -2.70. The third-order valence-corrected chi connectivity index (χ3v) is 4.04. The zero-order chi connectivity index (χ0) is 16.4. The van der Waals surface area contributed by atoms with E-state index in [-0.39, 0.29) is 38.4 Å². The molecule has 0 N–H and O–H groups in total. The van der Waals surface area contributed by atoms with Gasteiger partial charge in [-0.2, -0.15) is 0 Å². The molecule has 126 valence electrons. The van der Waals surface area contributed by atoms with Crippen LogP contribution in [0.25, 0.3) is 0 Å². The first-order valence-corrected chi connectivity index (χ1v) is 7.45. The Balaban J connectivity index is 1.62. The molecule has 1 aromatic rings. The lowest BCUT2D eigenvalue weighted by Gasteiger charge is -2.37. The number of alkyl halides is 2. The van der Waals surface area contributed by atoms with E-state index >= 15 is 0 Å². The Morgan fingerprint density at radius 3 is 2.52 bits per heavy atom. The van der Waals surface area contributed by atoms with Gasteiger partial charge >= 0.3 is 0 Å². The van der Waals surface area contributed by atoms with Crippen LogP contribution in [0, 0.1) is 5.82 Å². The maximum Gasteiger partial charge on any atom is 0.253 e. The molecule has 1 unspecified atom stereocenters. The molecule has 1 atom stereocenters. The van der Waals surface area contributed by atoms with Crippen molar-refractivity contribution in [3.8, 4) is 0 Å². The van der Waals surface area contributed by atoms with Crippen molar-refractivity contribution in [2.75, 3.05) is 37.7 Å². The number of anilines is 1. The van der Waals surface area contributed by atoms with E-state index in [1.54, 1.807) is 4.90 Å². The fourth-order valence-corrected chi connectivity index (χ4v) is 2.71. The molecule has 1 amide bonds. The maximum absolute atomic E-state index is 13.2. The highest BCUT2D eigenvalue weighted by atomic mass is 19.3. The average molecular weight is 330 g/mol. The molecule has 0 spiro atoms. The van der Waals surface area contributed by atoms with Crippen LogP contribution in [0.2, 0.25) is 0 Å². The lowest BCUT2D eigenvalue weighted by molar-refractivity contribution is -0.150. The molecule has 0 bridgehead atoms. The van der Waals surface area contributed by atoms with Gasteiger partial charge in [-0.3, -0.25) is 4.79 Å². The summed E-state index contributed by atoms with van der Waals surface area (Å²) in [5, 5.41) is 0. The second-order valence-electron chi connectivity index (χ2n) is 5.69. The summed E-state index contributed by atoms with van der Waals surface area (Å²) < 4.78 is 44.7. The molecule has 2 fully saturated rings. The van der Waals surface area contributed by atoms with E-state index in [1.165, 1.54) is 4.90 Å². The van der Waals surface area contributed by atoms with Crippen LogP contribution in [0.1, 0.15) is 12.8 Å². The summed E-state index contributed by atoms with van der Waals surface area (Å²) in [5.41, 5.74) is 0. The fourth-order valence-electron chi connectivity index (χ4n) is 2.71. The molecule has 2 saturated heterocycles. The number of hydrogen-bond donors (Lipinski definition) is 0. The molecule has 0 aliphatic carbocycles. The molecule has 2 aliphatic heterocycles. The van der Waals surface area contributed by atoms with Crippen molar-refractivity contribution in [3.63, 3.8) is 0 Å². The zero-order valence-corrected chi connectivity index (χ0v) is 12.4. The second-order valence-corrected chi connectivity index (χ2v) is 5.69. The van der Waals surface area contributed by atoms with Gasteiger partial charge in [-0.1, -0.05) is 0 Å². The van der Waals surface area contributed by atoms with Crippen molar-refractivity contribution in [2.45, 2.75) is 24.9 Å². The highest BCUT2D eigenvalue weighted by molar-refractivity contribution is 5.82. The Bertz CT molecular complexity index is 560. The van der Waals surface area contributed by atoms with Crippen molar-refractivity contribution < 1.29 is 22.7 Å². The number of halogens is 3. The number of morpholine rings is 1. The second kappa shape index (κ2) is 6.31. The Hall–Kier alpha value is -1.90. The monoisotopic (exact) mass is 330 g/mol. The third kappa shape index (κ3) is 3.72. The Labute approximate surface area is 131 Å². The van der Waals surface area contributed by atoms with Gasteiger partial charge in [-0.05, 0) is 0 Å². The number of ether oxygens (including phenoxy) is 1. The molecule has 0 aromatic carbocycles. The van der Waals surface area contributed by atoms with Crippen LogP contribution in [0.3, 0.4) is 0 Å². The average Bonchev–Trinajstić information content (AvgIpc) is 2.55. The van der Waals surface area contributed by atoms with E-state index in [1.807, 2.05) is 0 Å². The van der Waals surface area contributed by atoms with Crippen LogP contribution in [-0.4, -0.2) is 65.6 Å². The molecule has 3 rings (SSSR count). The van der Waals surface area contributed by atoms with Crippen LogP contribution >= 0.6 is 0 Å². The summed E-state index contributed by atoms with van der Waals surface area (Å²) >= 11 is 0. The number of rotatable bonds is 2. The summed E-state index contributed by atoms with van der Waals surface area (Å²) in [6, 6.07) is 0. The maximum atomic E-state index is 13.2. The molecular formula is C14H17F3N4O2. The number of amides is 1. The van der Waals surface area contributed by atoms with Crippen molar-refractivity contribution >= 4 is 11.9 Å². The van der Waals surface area contributed by atoms with Crippen LogP contribution < -0.4 is 4.90 Å². The Morgan fingerprint density at radius 1 is 1.22 bits per heavy atom. The largest absolute Gasteiger partial charge is 0.365 e. The van der Waals surface area contributed by atoms with Gasteiger partial charge in [0.15, 0.2) is 11.9 Å². The minimum Gasteiger partial charge on any atom is -0.365 e. The van der Waals surface area contributed by atoms with E-state index in [9.17, 15) is 18.0 Å². The van der Waals surface area contributed by atoms with Crippen LogP contribution in [0.5, 0.6) is 0 Å². The number of aromatic nitrogens is 2. The van der Waals surface area contributed by atoms with E-state index in [4.69, 9.17) is 4.74 Å². The lowest BCUT2D eigenvalue weighted by atomic mass is 10.1. The van der Waals surface area contributed by atoms with Gasteiger partial charge in [0.05, 0.1) is 25.5 Å². The van der Waals surface area contributed by atoms with E-state index in [2.05, 4.69) is 9.97 Å². The van der Waals surface area contributed by atoms with Gasteiger partial charge in [0.1, 0.15) is 0 Å². The number of piperidine rings is 1. The number of hydrogen-bond acceptors (Lipinski definition) is 5. The summed E-state index contributed by atoms with van der Waals surface area (Å²) in [5.74, 6) is -3.22. The number of carbonyl (C=O) groups is 1. The summed E-state index contributed by atoms with van der Waals surface area (Å²) in [6.07, 6.45) is 0.721. The van der Waals surface area contributed by atoms with Crippen molar-refractivity contribution in [1.82, 2.24) is 14.9 Å². The normalized spacial score (nSPS) is 24.6. The summed E-state index contributed by atoms with van der Waals surface area (Å²) in [6.45, 7) is 1.05. The first-order chi connectivity index (χ1) is 10.9. The SMILES string of the molecule is O=C(C1CN(c2ncc(F)cn2)CCO1)N1CCC(F)(F)CC1. The zero-order valence-electron chi connectivity index (χ0n) is 12.4. The van der Waals surface area contributed by atoms with Crippen molar-refractivity contribution in [3.05, 3.63) is 18.2 Å². The topological polar surface area (TPSA) is 58.6 Å². The molecule has 6 nitrogen and oxygen atoms in total. The molecule has 2 aliphatic rings. The van der Waals surface area contributed by atoms with Crippen molar-refractivity contribution in [2.24, 2.45) is 0 Å². The third-order valence-electron chi connectivity index (χ3n) is 4.04. The molecule has 23 heavy (non-hydrogen) atoms. The summed E-state index contributed by atoms with van der Waals surface area (Å²) in [4.78, 5) is 23.3. The number of carbonyl (C=O) groups excluding carboxylic acids is 1.